The van der Waals surface area contributed by atoms with Crippen molar-refractivity contribution in [3.05, 3.63) is 0 Å². The van der Waals surface area contributed by atoms with Gasteiger partial charge in [0.1, 0.15) is 24.4 Å². The number of aliphatic hydroxyl groups excluding tert-OH is 4. The largest absolute Gasteiger partial charge is 0.394 e. The van der Waals surface area contributed by atoms with Crippen LogP contribution in [0, 0.1) is 0 Å². The van der Waals surface area contributed by atoms with E-state index in [1.54, 1.807) is 0 Å². The second-order valence-corrected chi connectivity index (χ2v) is 4.53. The standard InChI is InChI=1S/C6H13NO8S/c8-1-2-4(9)5(10)3(6(11)15-2)7-16(12,13)14/h2-11H,1H2,(H,12,13,14)/t2-,3+,4+,5+,6?/m1/s1. The third kappa shape index (κ3) is 3.09. The molecule has 0 bridgehead atoms. The Hall–Kier alpha value is -0.330. The van der Waals surface area contributed by atoms with E-state index in [-0.39, 0.29) is 0 Å². The maximum Gasteiger partial charge on any atom is 0.333 e. The van der Waals surface area contributed by atoms with E-state index in [1.807, 2.05) is 0 Å². The fraction of sp³-hybridized carbons (Fsp3) is 1.00. The van der Waals surface area contributed by atoms with Gasteiger partial charge in [-0.2, -0.15) is 13.1 Å². The van der Waals surface area contributed by atoms with Crippen molar-refractivity contribution >= 4 is 10.3 Å². The number of nitrogens with one attached hydrogen (secondary N) is 1. The molecule has 1 aliphatic heterocycles. The lowest BCUT2D eigenvalue weighted by Crippen LogP contribution is -2.64. The molecule has 5 atom stereocenters. The number of rotatable bonds is 3. The van der Waals surface area contributed by atoms with Crippen LogP contribution in [0.3, 0.4) is 0 Å². The van der Waals surface area contributed by atoms with Crippen LogP contribution in [0.5, 0.6) is 0 Å². The Bertz CT molecular complexity index is 331. The van der Waals surface area contributed by atoms with Crippen LogP contribution in [0.4, 0.5) is 0 Å². The molecular formula is C6H13NO8S. The van der Waals surface area contributed by atoms with Gasteiger partial charge in [0.25, 0.3) is 0 Å². The highest BCUT2D eigenvalue weighted by molar-refractivity contribution is 7.83. The minimum atomic E-state index is -4.66. The molecule has 1 aliphatic rings. The molecule has 9 nitrogen and oxygen atoms in total. The first-order chi connectivity index (χ1) is 7.26. The first-order valence-electron chi connectivity index (χ1n) is 4.31. The molecule has 0 aromatic heterocycles. The fourth-order valence-electron chi connectivity index (χ4n) is 1.40. The van der Waals surface area contributed by atoms with Crippen molar-refractivity contribution in [2.75, 3.05) is 6.61 Å². The third-order valence-corrected chi connectivity index (χ3v) is 2.76. The Kier molecular flexibility index (Phi) is 4.20. The summed E-state index contributed by atoms with van der Waals surface area (Å²) >= 11 is 0. The van der Waals surface area contributed by atoms with Crippen molar-refractivity contribution in [1.29, 1.82) is 0 Å². The van der Waals surface area contributed by atoms with Gasteiger partial charge >= 0.3 is 10.3 Å². The topological polar surface area (TPSA) is 157 Å². The Morgan fingerprint density at radius 3 is 2.19 bits per heavy atom. The Morgan fingerprint density at radius 1 is 1.19 bits per heavy atom. The molecule has 0 saturated carbocycles. The quantitative estimate of drug-likeness (QED) is 0.281. The SMILES string of the molecule is O=S(=O)(O)N[C@@H]1C(O)O[C@H](CO)[C@H](O)[C@H]1O. The molecule has 10 heteroatoms. The van der Waals surface area contributed by atoms with Crippen molar-refractivity contribution in [2.24, 2.45) is 0 Å². The molecule has 16 heavy (non-hydrogen) atoms. The van der Waals surface area contributed by atoms with Gasteiger partial charge in [-0.15, -0.1) is 0 Å². The predicted octanol–water partition coefficient (Wildman–Crippen LogP) is -3.82. The first kappa shape index (κ1) is 13.7. The lowest BCUT2D eigenvalue weighted by Gasteiger charge is -2.39. The van der Waals surface area contributed by atoms with Gasteiger partial charge in [-0.25, -0.2) is 0 Å². The predicted molar refractivity (Wildman–Crippen MR) is 48.5 cm³/mol. The van der Waals surface area contributed by atoms with E-state index in [4.69, 9.17) is 9.66 Å². The Balaban J connectivity index is 2.80. The van der Waals surface area contributed by atoms with E-state index in [0.717, 1.165) is 0 Å². The Morgan fingerprint density at radius 2 is 1.75 bits per heavy atom. The molecule has 0 radical (unpaired) electrons. The fourth-order valence-corrected chi connectivity index (χ4v) is 2.00. The maximum absolute atomic E-state index is 10.5. The molecule has 0 aromatic rings. The van der Waals surface area contributed by atoms with Gasteiger partial charge in [0.05, 0.1) is 6.61 Å². The zero-order chi connectivity index (χ0) is 12.5. The van der Waals surface area contributed by atoms with Crippen molar-refractivity contribution in [3.8, 4) is 0 Å². The van der Waals surface area contributed by atoms with Crippen LogP contribution in [0.25, 0.3) is 0 Å². The molecule has 0 aliphatic carbocycles. The van der Waals surface area contributed by atoms with Gasteiger partial charge < -0.3 is 25.2 Å². The normalized spacial score (nSPS) is 40.9. The van der Waals surface area contributed by atoms with E-state index in [0.29, 0.717) is 0 Å². The highest BCUT2D eigenvalue weighted by Crippen LogP contribution is 2.19. The Labute approximate surface area is 91.2 Å². The zero-order valence-corrected chi connectivity index (χ0v) is 8.78. The van der Waals surface area contributed by atoms with Gasteiger partial charge in [-0.3, -0.25) is 4.55 Å². The van der Waals surface area contributed by atoms with E-state index >= 15 is 0 Å². The van der Waals surface area contributed by atoms with Crippen molar-refractivity contribution in [3.63, 3.8) is 0 Å². The second kappa shape index (κ2) is 4.89. The minimum Gasteiger partial charge on any atom is -0.394 e. The molecule has 1 unspecified atom stereocenters. The van der Waals surface area contributed by atoms with E-state index in [2.05, 4.69) is 4.74 Å². The summed E-state index contributed by atoms with van der Waals surface area (Å²) in [6, 6.07) is -1.62. The monoisotopic (exact) mass is 259 g/mol. The average molecular weight is 259 g/mol. The van der Waals surface area contributed by atoms with E-state index in [9.17, 15) is 23.7 Å². The highest BCUT2D eigenvalue weighted by Gasteiger charge is 2.44. The summed E-state index contributed by atoms with van der Waals surface area (Å²) in [5.74, 6) is 0. The van der Waals surface area contributed by atoms with Gasteiger partial charge in [0, 0.05) is 0 Å². The summed E-state index contributed by atoms with van der Waals surface area (Å²) in [6.07, 6.45) is -6.34. The molecule has 0 aromatic carbocycles. The zero-order valence-electron chi connectivity index (χ0n) is 7.96. The van der Waals surface area contributed by atoms with Gasteiger partial charge in [-0.05, 0) is 0 Å². The third-order valence-electron chi connectivity index (χ3n) is 2.19. The maximum atomic E-state index is 10.5. The molecule has 0 amide bonds. The van der Waals surface area contributed by atoms with Crippen LogP contribution in [0.1, 0.15) is 0 Å². The van der Waals surface area contributed by atoms with Crippen molar-refractivity contribution in [1.82, 2.24) is 4.72 Å². The average Bonchev–Trinajstić information content (AvgIpc) is 2.17. The highest BCUT2D eigenvalue weighted by atomic mass is 32.2. The van der Waals surface area contributed by atoms with Crippen LogP contribution in [-0.4, -0.2) is 70.6 Å². The van der Waals surface area contributed by atoms with Crippen LogP contribution < -0.4 is 4.72 Å². The van der Waals surface area contributed by atoms with E-state index < -0.39 is 47.6 Å². The molecule has 0 spiro atoms. The van der Waals surface area contributed by atoms with Crippen molar-refractivity contribution < 1.29 is 38.1 Å². The molecular weight excluding hydrogens is 246 g/mol. The first-order valence-corrected chi connectivity index (χ1v) is 5.75. The van der Waals surface area contributed by atoms with Crippen LogP contribution in [0.15, 0.2) is 0 Å². The second-order valence-electron chi connectivity index (χ2n) is 3.35. The smallest absolute Gasteiger partial charge is 0.333 e. The van der Waals surface area contributed by atoms with Crippen LogP contribution in [0.2, 0.25) is 0 Å². The number of hydrogen-bond donors (Lipinski definition) is 6. The summed E-state index contributed by atoms with van der Waals surface area (Å²) in [5.41, 5.74) is 0. The van der Waals surface area contributed by atoms with Crippen LogP contribution in [-0.2, 0) is 15.0 Å². The lowest BCUT2D eigenvalue weighted by atomic mass is 9.98. The number of ether oxygens (including phenoxy) is 1. The number of aliphatic hydroxyl groups is 4. The summed E-state index contributed by atoms with van der Waals surface area (Å²) in [6.45, 7) is -0.659. The molecule has 6 N–H and O–H groups in total. The number of hydrogen-bond acceptors (Lipinski definition) is 7. The molecule has 1 rings (SSSR count). The van der Waals surface area contributed by atoms with Gasteiger partial charge in [0.15, 0.2) is 6.29 Å². The molecule has 1 fully saturated rings. The van der Waals surface area contributed by atoms with E-state index in [1.165, 1.54) is 4.72 Å². The van der Waals surface area contributed by atoms with Gasteiger partial charge in [0.2, 0.25) is 0 Å². The summed E-state index contributed by atoms with van der Waals surface area (Å²) in [4.78, 5) is 0. The molecule has 1 saturated heterocycles. The molecule has 1 heterocycles. The minimum absolute atomic E-state index is 0.659. The summed E-state index contributed by atoms with van der Waals surface area (Å²) in [7, 11) is -4.66. The van der Waals surface area contributed by atoms with Gasteiger partial charge in [-0.1, -0.05) is 0 Å². The van der Waals surface area contributed by atoms with Crippen LogP contribution >= 0.6 is 0 Å². The summed E-state index contributed by atoms with van der Waals surface area (Å²) < 4.78 is 35.6. The van der Waals surface area contributed by atoms with Crippen molar-refractivity contribution in [2.45, 2.75) is 30.6 Å². The summed E-state index contributed by atoms with van der Waals surface area (Å²) in [5, 5.41) is 36.8. The molecule has 96 valence electrons. The lowest BCUT2D eigenvalue weighted by molar-refractivity contribution is -0.251.